The molecule has 1 N–H and O–H groups in total. The summed E-state index contributed by atoms with van der Waals surface area (Å²) in [7, 11) is 4.66. The van der Waals surface area contributed by atoms with Crippen LogP contribution in [0.15, 0.2) is 12.1 Å². The Labute approximate surface area is 149 Å². The molecule has 1 atom stereocenters. The summed E-state index contributed by atoms with van der Waals surface area (Å²) in [5.74, 6) is 1.53. The predicted octanol–water partition coefficient (Wildman–Crippen LogP) is 2.66. The zero-order valence-corrected chi connectivity index (χ0v) is 15.8. The maximum Gasteiger partial charge on any atom is 0.321 e. The molecule has 7 nitrogen and oxygen atoms in total. The molecular formula is C18H29N3O4. The van der Waals surface area contributed by atoms with Gasteiger partial charge in [0, 0.05) is 44.4 Å². The number of benzene rings is 1. The Hall–Kier alpha value is -2.15. The minimum absolute atomic E-state index is 0.113. The van der Waals surface area contributed by atoms with Crippen LogP contribution in [0.2, 0.25) is 0 Å². The molecule has 140 valence electrons. The number of amides is 2. The Morgan fingerprint density at radius 3 is 2.08 bits per heavy atom. The van der Waals surface area contributed by atoms with E-state index in [0.29, 0.717) is 29.0 Å². The topological polar surface area (TPSA) is 63.3 Å². The number of hydrogen-bond donors (Lipinski definition) is 1. The Morgan fingerprint density at radius 1 is 1.08 bits per heavy atom. The summed E-state index contributed by atoms with van der Waals surface area (Å²) in [6.07, 6.45) is 1.12. The van der Waals surface area contributed by atoms with Gasteiger partial charge in [-0.3, -0.25) is 4.90 Å². The number of rotatable bonds is 6. The van der Waals surface area contributed by atoms with Crippen LogP contribution in [-0.2, 0) is 0 Å². The van der Waals surface area contributed by atoms with E-state index >= 15 is 0 Å². The number of ether oxygens (including phenoxy) is 3. The molecule has 0 spiro atoms. The summed E-state index contributed by atoms with van der Waals surface area (Å²) in [4.78, 5) is 16.8. The van der Waals surface area contributed by atoms with Crippen molar-refractivity contribution in [1.29, 1.82) is 0 Å². The van der Waals surface area contributed by atoms with Crippen LogP contribution in [0.3, 0.4) is 0 Å². The first kappa shape index (κ1) is 19.2. The molecule has 25 heavy (non-hydrogen) atoms. The van der Waals surface area contributed by atoms with Gasteiger partial charge in [0.05, 0.1) is 27.0 Å². The summed E-state index contributed by atoms with van der Waals surface area (Å²) >= 11 is 0. The second-order valence-electron chi connectivity index (χ2n) is 6.12. The van der Waals surface area contributed by atoms with Gasteiger partial charge in [-0.15, -0.1) is 0 Å². The van der Waals surface area contributed by atoms with Crippen LogP contribution in [-0.4, -0.2) is 69.4 Å². The van der Waals surface area contributed by atoms with Crippen molar-refractivity contribution in [3.8, 4) is 17.2 Å². The third-order valence-electron chi connectivity index (χ3n) is 4.73. The molecule has 2 amide bonds. The quantitative estimate of drug-likeness (QED) is 0.854. The van der Waals surface area contributed by atoms with Crippen molar-refractivity contribution >= 4 is 11.7 Å². The molecule has 1 fully saturated rings. The molecule has 1 saturated heterocycles. The van der Waals surface area contributed by atoms with Gasteiger partial charge in [-0.1, -0.05) is 6.92 Å². The van der Waals surface area contributed by atoms with E-state index in [1.165, 1.54) is 0 Å². The predicted molar refractivity (Wildman–Crippen MR) is 98.0 cm³/mol. The summed E-state index contributed by atoms with van der Waals surface area (Å²) in [5.41, 5.74) is 0.615. The number of hydrogen-bond acceptors (Lipinski definition) is 5. The molecule has 1 aromatic carbocycles. The van der Waals surface area contributed by atoms with Crippen molar-refractivity contribution in [3.05, 3.63) is 12.1 Å². The molecule has 1 aliphatic rings. The second-order valence-corrected chi connectivity index (χ2v) is 6.12. The molecule has 1 heterocycles. The largest absolute Gasteiger partial charge is 0.493 e. The minimum atomic E-state index is -0.113. The van der Waals surface area contributed by atoms with E-state index in [9.17, 15) is 4.79 Å². The van der Waals surface area contributed by atoms with Crippen LogP contribution >= 0.6 is 0 Å². The lowest BCUT2D eigenvalue weighted by Crippen LogP contribution is -2.52. The molecule has 1 aromatic rings. The number of nitrogens with zero attached hydrogens (tertiary/aromatic N) is 2. The van der Waals surface area contributed by atoms with Crippen molar-refractivity contribution in [1.82, 2.24) is 9.80 Å². The standard InChI is InChI=1S/C18H29N3O4/c1-6-13(2)20-7-9-21(10-8-20)18(22)19-14-11-15(23-3)17(25-5)16(12-14)24-4/h11-13H,6-10H2,1-5H3,(H,19,22). The fraction of sp³-hybridized carbons (Fsp3) is 0.611. The highest BCUT2D eigenvalue weighted by Gasteiger charge is 2.24. The lowest BCUT2D eigenvalue weighted by atomic mass is 10.2. The summed E-state index contributed by atoms with van der Waals surface area (Å²) in [6.45, 7) is 7.66. The number of anilines is 1. The Bertz CT molecular complexity index is 561. The fourth-order valence-electron chi connectivity index (χ4n) is 2.98. The normalized spacial score (nSPS) is 16.3. The van der Waals surface area contributed by atoms with Crippen molar-refractivity contribution in [2.45, 2.75) is 26.3 Å². The van der Waals surface area contributed by atoms with E-state index in [0.717, 1.165) is 32.6 Å². The average molecular weight is 351 g/mol. The SMILES string of the molecule is CCC(C)N1CCN(C(=O)Nc2cc(OC)c(OC)c(OC)c2)CC1. The average Bonchev–Trinajstić information content (AvgIpc) is 2.66. The third-order valence-corrected chi connectivity index (χ3v) is 4.73. The Balaban J connectivity index is 2.04. The molecule has 0 radical (unpaired) electrons. The zero-order valence-electron chi connectivity index (χ0n) is 15.8. The molecule has 0 saturated carbocycles. The van der Waals surface area contributed by atoms with Gasteiger partial charge in [0.2, 0.25) is 5.75 Å². The fourth-order valence-corrected chi connectivity index (χ4v) is 2.98. The first-order chi connectivity index (χ1) is 12.0. The number of nitrogens with one attached hydrogen (secondary N) is 1. The van der Waals surface area contributed by atoms with Gasteiger partial charge in [-0.25, -0.2) is 4.79 Å². The summed E-state index contributed by atoms with van der Waals surface area (Å²) in [6, 6.07) is 3.90. The van der Waals surface area contributed by atoms with E-state index in [4.69, 9.17) is 14.2 Å². The van der Waals surface area contributed by atoms with Crippen LogP contribution in [0.25, 0.3) is 0 Å². The molecule has 1 aliphatic heterocycles. The van der Waals surface area contributed by atoms with Crippen LogP contribution < -0.4 is 19.5 Å². The van der Waals surface area contributed by atoms with Crippen LogP contribution in [0, 0.1) is 0 Å². The van der Waals surface area contributed by atoms with E-state index in [-0.39, 0.29) is 6.03 Å². The van der Waals surface area contributed by atoms with Crippen LogP contribution in [0.5, 0.6) is 17.2 Å². The molecular weight excluding hydrogens is 322 g/mol. The molecule has 1 unspecified atom stereocenters. The molecule has 0 aromatic heterocycles. The van der Waals surface area contributed by atoms with Crippen LogP contribution in [0.1, 0.15) is 20.3 Å². The summed E-state index contributed by atoms with van der Waals surface area (Å²) < 4.78 is 15.9. The van der Waals surface area contributed by atoms with Crippen molar-refractivity contribution < 1.29 is 19.0 Å². The van der Waals surface area contributed by atoms with Crippen molar-refractivity contribution in [2.75, 3.05) is 52.8 Å². The number of urea groups is 1. The highest BCUT2D eigenvalue weighted by atomic mass is 16.5. The Morgan fingerprint density at radius 2 is 1.64 bits per heavy atom. The van der Waals surface area contributed by atoms with Gasteiger partial charge in [0.25, 0.3) is 0 Å². The first-order valence-electron chi connectivity index (χ1n) is 8.64. The van der Waals surface area contributed by atoms with E-state index in [2.05, 4.69) is 24.1 Å². The minimum Gasteiger partial charge on any atom is -0.493 e. The van der Waals surface area contributed by atoms with Crippen LogP contribution in [0.4, 0.5) is 10.5 Å². The highest BCUT2D eigenvalue weighted by molar-refractivity contribution is 5.90. The van der Waals surface area contributed by atoms with E-state index < -0.39 is 0 Å². The lowest BCUT2D eigenvalue weighted by Gasteiger charge is -2.37. The molecule has 7 heteroatoms. The molecule has 0 bridgehead atoms. The number of piperazine rings is 1. The van der Waals surface area contributed by atoms with Gasteiger partial charge in [0.1, 0.15) is 0 Å². The van der Waals surface area contributed by atoms with Gasteiger partial charge >= 0.3 is 6.03 Å². The number of methoxy groups -OCH3 is 3. The maximum absolute atomic E-state index is 12.6. The molecule has 2 rings (SSSR count). The van der Waals surface area contributed by atoms with Crippen molar-refractivity contribution in [2.24, 2.45) is 0 Å². The number of carbonyl (C=O) groups is 1. The van der Waals surface area contributed by atoms with Gasteiger partial charge in [-0.2, -0.15) is 0 Å². The number of carbonyl (C=O) groups excluding carboxylic acids is 1. The van der Waals surface area contributed by atoms with Crippen molar-refractivity contribution in [3.63, 3.8) is 0 Å². The maximum atomic E-state index is 12.6. The zero-order chi connectivity index (χ0) is 18.4. The second kappa shape index (κ2) is 8.80. The smallest absolute Gasteiger partial charge is 0.321 e. The van der Waals surface area contributed by atoms with Gasteiger partial charge < -0.3 is 24.4 Å². The Kier molecular flexibility index (Phi) is 6.75. The third kappa shape index (κ3) is 4.48. The highest BCUT2D eigenvalue weighted by Crippen LogP contribution is 2.39. The lowest BCUT2D eigenvalue weighted by molar-refractivity contribution is 0.117. The van der Waals surface area contributed by atoms with E-state index in [1.807, 2.05) is 4.90 Å². The molecule has 0 aliphatic carbocycles. The summed E-state index contributed by atoms with van der Waals surface area (Å²) in [5, 5.41) is 2.92. The van der Waals surface area contributed by atoms with Gasteiger partial charge in [-0.05, 0) is 13.3 Å². The monoisotopic (exact) mass is 351 g/mol. The van der Waals surface area contributed by atoms with E-state index in [1.54, 1.807) is 33.5 Å². The first-order valence-corrected chi connectivity index (χ1v) is 8.64. The van der Waals surface area contributed by atoms with Gasteiger partial charge in [0.15, 0.2) is 11.5 Å².